The van der Waals surface area contributed by atoms with Crippen LogP contribution in [0.25, 0.3) is 0 Å². The van der Waals surface area contributed by atoms with Crippen LogP contribution in [0.3, 0.4) is 0 Å². The maximum atomic E-state index is 12.2. The summed E-state index contributed by atoms with van der Waals surface area (Å²) in [6.07, 6.45) is 0.521. The van der Waals surface area contributed by atoms with Crippen LogP contribution in [0.15, 0.2) is 18.2 Å². The summed E-state index contributed by atoms with van der Waals surface area (Å²) >= 11 is 0. The van der Waals surface area contributed by atoms with E-state index in [0.717, 1.165) is 31.7 Å². The summed E-state index contributed by atoms with van der Waals surface area (Å²) in [4.78, 5) is 14.4. The number of likely N-dealkylation sites (N-methyl/N-ethyl adjacent to an activating group) is 1. The molecule has 3 N–H and O–H groups in total. The van der Waals surface area contributed by atoms with Crippen molar-refractivity contribution in [3.05, 3.63) is 23.8 Å². The predicted molar refractivity (Wildman–Crippen MR) is 79.9 cm³/mol. The molecule has 0 aromatic heterocycles. The molecular weight excluding hydrogens is 270 g/mol. The molecule has 1 atom stereocenters. The normalized spacial score (nSPS) is 18.4. The molecule has 1 aromatic carbocycles. The number of hydrazine groups is 1. The maximum absolute atomic E-state index is 12.2. The summed E-state index contributed by atoms with van der Waals surface area (Å²) in [6.45, 7) is 5.40. The maximum Gasteiger partial charge on any atom is 0.237 e. The zero-order valence-electron chi connectivity index (χ0n) is 12.5. The number of nitrogens with one attached hydrogen (secondary N) is 1. The first-order chi connectivity index (χ1) is 9.95. The van der Waals surface area contributed by atoms with Crippen LogP contribution in [0, 0.1) is 5.92 Å². The van der Waals surface area contributed by atoms with E-state index in [1.807, 2.05) is 11.9 Å². The van der Waals surface area contributed by atoms with Crippen molar-refractivity contribution in [2.45, 2.75) is 13.3 Å². The molecule has 0 saturated carbocycles. The van der Waals surface area contributed by atoms with Gasteiger partial charge in [-0.25, -0.2) is 5.01 Å². The molecule has 2 rings (SSSR count). The number of phenolic OH excluding ortho intramolecular Hbond substituents is 2. The number of amides is 1. The molecule has 21 heavy (non-hydrogen) atoms. The van der Waals surface area contributed by atoms with Crippen LogP contribution in [-0.4, -0.2) is 59.3 Å². The molecule has 116 valence electrons. The topological polar surface area (TPSA) is 76.0 Å². The minimum absolute atomic E-state index is 0.0212. The van der Waals surface area contributed by atoms with Crippen LogP contribution in [0.1, 0.15) is 12.5 Å². The summed E-state index contributed by atoms with van der Waals surface area (Å²) in [5.74, 6) is -0.520. The minimum Gasteiger partial charge on any atom is -0.504 e. The van der Waals surface area contributed by atoms with Gasteiger partial charge in [0.2, 0.25) is 5.91 Å². The molecule has 0 bridgehead atoms. The van der Waals surface area contributed by atoms with Crippen molar-refractivity contribution in [2.75, 3.05) is 33.2 Å². The van der Waals surface area contributed by atoms with E-state index >= 15 is 0 Å². The van der Waals surface area contributed by atoms with Crippen molar-refractivity contribution in [1.82, 2.24) is 15.3 Å². The highest BCUT2D eigenvalue weighted by atomic mass is 16.3. The summed E-state index contributed by atoms with van der Waals surface area (Å²) in [7, 11) is 2.07. The lowest BCUT2D eigenvalue weighted by Crippen LogP contribution is -2.53. The van der Waals surface area contributed by atoms with Gasteiger partial charge in [-0.2, -0.15) is 0 Å². The van der Waals surface area contributed by atoms with E-state index < -0.39 is 0 Å². The molecule has 0 radical (unpaired) electrons. The lowest BCUT2D eigenvalue weighted by Gasteiger charge is -2.33. The summed E-state index contributed by atoms with van der Waals surface area (Å²) in [6, 6.07) is 4.65. The van der Waals surface area contributed by atoms with Crippen molar-refractivity contribution in [2.24, 2.45) is 5.92 Å². The largest absolute Gasteiger partial charge is 0.504 e. The van der Waals surface area contributed by atoms with Crippen molar-refractivity contribution in [1.29, 1.82) is 0 Å². The van der Waals surface area contributed by atoms with E-state index in [1.54, 1.807) is 6.07 Å². The minimum atomic E-state index is -0.200. The van der Waals surface area contributed by atoms with Crippen molar-refractivity contribution in [3.8, 4) is 11.5 Å². The van der Waals surface area contributed by atoms with Crippen LogP contribution in [-0.2, 0) is 11.2 Å². The standard InChI is InChI=1S/C15H23N3O3/c1-11(9-12-3-4-13(19)14(20)10-12)15(21)16-18-7-5-17(2)6-8-18/h3-4,10-11,19-20H,5-9H2,1-2H3,(H,16,21). The Hall–Kier alpha value is -1.79. The molecule has 6 heteroatoms. The number of hydrogen-bond donors (Lipinski definition) is 3. The Labute approximate surface area is 124 Å². The van der Waals surface area contributed by atoms with Crippen LogP contribution < -0.4 is 5.43 Å². The van der Waals surface area contributed by atoms with E-state index in [-0.39, 0.29) is 23.3 Å². The fourth-order valence-electron chi connectivity index (χ4n) is 2.33. The van der Waals surface area contributed by atoms with Gasteiger partial charge >= 0.3 is 0 Å². The molecule has 1 fully saturated rings. The first-order valence-electron chi connectivity index (χ1n) is 7.20. The zero-order valence-corrected chi connectivity index (χ0v) is 12.5. The second kappa shape index (κ2) is 6.78. The van der Waals surface area contributed by atoms with Gasteiger partial charge in [-0.3, -0.25) is 10.2 Å². The van der Waals surface area contributed by atoms with E-state index in [1.165, 1.54) is 12.1 Å². The Kier molecular flexibility index (Phi) is 5.03. The van der Waals surface area contributed by atoms with Crippen molar-refractivity contribution < 1.29 is 15.0 Å². The summed E-state index contributed by atoms with van der Waals surface area (Å²) in [5.41, 5.74) is 3.77. The smallest absolute Gasteiger partial charge is 0.237 e. The average Bonchev–Trinajstić information content (AvgIpc) is 2.45. The Balaban J connectivity index is 1.86. The Bertz CT molecular complexity index is 499. The third-order valence-electron chi connectivity index (χ3n) is 3.80. The highest BCUT2D eigenvalue weighted by molar-refractivity contribution is 5.78. The lowest BCUT2D eigenvalue weighted by atomic mass is 10.0. The number of rotatable bonds is 4. The number of piperazine rings is 1. The second-order valence-corrected chi connectivity index (χ2v) is 5.69. The fraction of sp³-hybridized carbons (Fsp3) is 0.533. The number of aromatic hydroxyl groups is 2. The molecule has 1 amide bonds. The number of hydrogen-bond acceptors (Lipinski definition) is 5. The first-order valence-corrected chi connectivity index (χ1v) is 7.20. The lowest BCUT2D eigenvalue weighted by molar-refractivity contribution is -0.130. The van der Waals surface area contributed by atoms with E-state index in [0.29, 0.717) is 6.42 Å². The van der Waals surface area contributed by atoms with Gasteiger partial charge in [0.25, 0.3) is 0 Å². The number of benzene rings is 1. The van der Waals surface area contributed by atoms with Gasteiger partial charge in [-0.05, 0) is 31.2 Å². The Morgan fingerprint density at radius 2 is 1.90 bits per heavy atom. The molecule has 1 aromatic rings. The molecule has 1 saturated heterocycles. The molecule has 6 nitrogen and oxygen atoms in total. The zero-order chi connectivity index (χ0) is 15.4. The van der Waals surface area contributed by atoms with Crippen LogP contribution in [0.2, 0.25) is 0 Å². The highest BCUT2D eigenvalue weighted by Gasteiger charge is 2.19. The number of carbonyl (C=O) groups excluding carboxylic acids is 1. The van der Waals surface area contributed by atoms with Gasteiger partial charge in [0.15, 0.2) is 11.5 Å². The van der Waals surface area contributed by atoms with Gasteiger partial charge in [-0.15, -0.1) is 0 Å². The van der Waals surface area contributed by atoms with Crippen LogP contribution >= 0.6 is 0 Å². The Morgan fingerprint density at radius 1 is 1.24 bits per heavy atom. The van der Waals surface area contributed by atoms with E-state index in [4.69, 9.17) is 0 Å². The second-order valence-electron chi connectivity index (χ2n) is 5.69. The van der Waals surface area contributed by atoms with Crippen LogP contribution in [0.5, 0.6) is 11.5 Å². The van der Waals surface area contributed by atoms with Gasteiger partial charge in [-0.1, -0.05) is 13.0 Å². The average molecular weight is 293 g/mol. The molecule has 0 aliphatic carbocycles. The highest BCUT2D eigenvalue weighted by Crippen LogP contribution is 2.26. The first kappa shape index (κ1) is 15.6. The van der Waals surface area contributed by atoms with Gasteiger partial charge in [0.05, 0.1) is 0 Å². The van der Waals surface area contributed by atoms with Crippen LogP contribution in [0.4, 0.5) is 0 Å². The van der Waals surface area contributed by atoms with Gasteiger partial charge < -0.3 is 15.1 Å². The quantitative estimate of drug-likeness (QED) is 0.707. The third-order valence-corrected chi connectivity index (χ3v) is 3.80. The predicted octanol–water partition coefficient (Wildman–Crippen LogP) is 0.555. The molecule has 1 unspecified atom stereocenters. The fourth-order valence-corrected chi connectivity index (χ4v) is 2.33. The van der Waals surface area contributed by atoms with E-state index in [2.05, 4.69) is 17.4 Å². The summed E-state index contributed by atoms with van der Waals surface area (Å²) in [5, 5.41) is 20.7. The third kappa shape index (κ3) is 4.34. The molecule has 0 spiro atoms. The van der Waals surface area contributed by atoms with Crippen molar-refractivity contribution in [3.63, 3.8) is 0 Å². The Morgan fingerprint density at radius 3 is 2.52 bits per heavy atom. The van der Waals surface area contributed by atoms with Gasteiger partial charge in [0, 0.05) is 32.1 Å². The molecule has 1 heterocycles. The van der Waals surface area contributed by atoms with E-state index in [9.17, 15) is 15.0 Å². The monoisotopic (exact) mass is 293 g/mol. The molecule has 1 aliphatic heterocycles. The number of nitrogens with zero attached hydrogens (tertiary/aromatic N) is 2. The van der Waals surface area contributed by atoms with Crippen molar-refractivity contribution >= 4 is 5.91 Å². The van der Waals surface area contributed by atoms with Gasteiger partial charge in [0.1, 0.15) is 0 Å². The SMILES string of the molecule is CC(Cc1ccc(O)c(O)c1)C(=O)NN1CCN(C)CC1. The molecule has 1 aliphatic rings. The number of phenols is 2. The summed E-state index contributed by atoms with van der Waals surface area (Å²) < 4.78 is 0. The number of carbonyl (C=O) groups is 1. The molecular formula is C15H23N3O3.